The van der Waals surface area contributed by atoms with Gasteiger partial charge < -0.3 is 0 Å². The largest absolute Gasteiger partial charge is 0.298 e. The van der Waals surface area contributed by atoms with Crippen molar-refractivity contribution in [3.05, 3.63) is 15.9 Å². The van der Waals surface area contributed by atoms with Gasteiger partial charge in [-0.05, 0) is 34.5 Å². The lowest BCUT2D eigenvalue weighted by atomic mass is 10.1. The number of carbonyl (C=O) groups excluding carboxylic acids is 1. The minimum Gasteiger partial charge on any atom is -0.298 e. The molecule has 0 bridgehead atoms. The average Bonchev–Trinajstić information content (AvgIpc) is 2.65. The minimum absolute atomic E-state index is 0.00885. The molecule has 1 aromatic heterocycles. The van der Waals surface area contributed by atoms with Crippen LogP contribution in [0.1, 0.15) is 12.8 Å². The van der Waals surface area contributed by atoms with Crippen molar-refractivity contribution in [2.24, 2.45) is 0 Å². The zero-order chi connectivity index (χ0) is 11.8. The summed E-state index contributed by atoms with van der Waals surface area (Å²) in [4.78, 5) is 11.2. The number of rotatable bonds is 2. The maximum absolute atomic E-state index is 12.1. The molecule has 1 aromatic rings. The molecule has 1 saturated heterocycles. The van der Waals surface area contributed by atoms with Gasteiger partial charge in [0.1, 0.15) is 9.99 Å². The van der Waals surface area contributed by atoms with E-state index in [1.165, 1.54) is 15.6 Å². The lowest BCUT2D eigenvalue weighted by molar-refractivity contribution is -0.120. The first-order valence-electron chi connectivity index (χ1n) is 4.77. The SMILES string of the molecule is O=C1CCCN(S(=O)(=O)c2ccc(Br)s2)C1. The number of ketones is 1. The summed E-state index contributed by atoms with van der Waals surface area (Å²) < 4.78 is 26.5. The molecule has 0 atom stereocenters. The van der Waals surface area contributed by atoms with E-state index >= 15 is 0 Å². The number of sulfonamides is 1. The number of hydrogen-bond acceptors (Lipinski definition) is 4. The van der Waals surface area contributed by atoms with Crippen molar-refractivity contribution >= 4 is 43.1 Å². The molecule has 1 fully saturated rings. The predicted octanol–water partition coefficient (Wildman–Crippen LogP) is 1.86. The number of nitrogens with zero attached hydrogens (tertiary/aromatic N) is 1. The standard InChI is InChI=1S/C9H10BrNO3S2/c10-8-3-4-9(15-8)16(13,14)11-5-1-2-7(12)6-11/h3-4H,1-2,5-6H2. The summed E-state index contributed by atoms with van der Waals surface area (Å²) in [6.07, 6.45) is 1.10. The normalized spacial score (nSPS) is 18.9. The van der Waals surface area contributed by atoms with E-state index in [1.54, 1.807) is 12.1 Å². The van der Waals surface area contributed by atoms with E-state index in [0.29, 0.717) is 19.4 Å². The highest BCUT2D eigenvalue weighted by Crippen LogP contribution is 2.29. The molecule has 16 heavy (non-hydrogen) atoms. The topological polar surface area (TPSA) is 54.5 Å². The van der Waals surface area contributed by atoms with Crippen LogP contribution in [-0.2, 0) is 14.8 Å². The average molecular weight is 324 g/mol. The fourth-order valence-corrected chi connectivity index (χ4v) is 5.20. The molecule has 0 radical (unpaired) electrons. The van der Waals surface area contributed by atoms with Crippen LogP contribution in [0.25, 0.3) is 0 Å². The first-order chi connectivity index (χ1) is 7.50. The second-order valence-corrected chi connectivity index (χ2v) is 8.17. The van der Waals surface area contributed by atoms with Gasteiger partial charge in [-0.15, -0.1) is 11.3 Å². The van der Waals surface area contributed by atoms with Crippen molar-refractivity contribution in [1.29, 1.82) is 0 Å². The molecule has 1 aliphatic rings. The first kappa shape index (κ1) is 12.2. The Labute approximate surface area is 106 Å². The van der Waals surface area contributed by atoms with Gasteiger partial charge in [-0.1, -0.05) is 0 Å². The first-order valence-corrected chi connectivity index (χ1v) is 7.82. The minimum atomic E-state index is -3.47. The zero-order valence-electron chi connectivity index (χ0n) is 8.35. The van der Waals surface area contributed by atoms with E-state index in [2.05, 4.69) is 15.9 Å². The highest BCUT2D eigenvalue weighted by molar-refractivity contribution is 9.11. The molecule has 0 spiro atoms. The monoisotopic (exact) mass is 323 g/mol. The van der Waals surface area contributed by atoms with Crippen LogP contribution in [0.4, 0.5) is 0 Å². The maximum atomic E-state index is 12.1. The van der Waals surface area contributed by atoms with Crippen LogP contribution < -0.4 is 0 Å². The number of hydrogen-bond donors (Lipinski definition) is 0. The second kappa shape index (κ2) is 4.56. The second-order valence-electron chi connectivity index (χ2n) is 3.54. The third-order valence-corrected chi connectivity index (χ3v) is 6.29. The van der Waals surface area contributed by atoms with Gasteiger partial charge in [0.25, 0.3) is 10.0 Å². The summed E-state index contributed by atoms with van der Waals surface area (Å²) in [6.45, 7) is 0.446. The smallest absolute Gasteiger partial charge is 0.252 e. The molecule has 0 unspecified atom stereocenters. The summed E-state index contributed by atoms with van der Waals surface area (Å²) >= 11 is 4.39. The van der Waals surface area contributed by atoms with Crippen molar-refractivity contribution < 1.29 is 13.2 Å². The Hall–Kier alpha value is -0.240. The molecule has 7 heteroatoms. The molecule has 2 heterocycles. The highest BCUT2D eigenvalue weighted by atomic mass is 79.9. The van der Waals surface area contributed by atoms with E-state index in [9.17, 15) is 13.2 Å². The van der Waals surface area contributed by atoms with Crippen molar-refractivity contribution in [3.8, 4) is 0 Å². The van der Waals surface area contributed by atoms with Gasteiger partial charge in [-0.25, -0.2) is 8.42 Å². The molecule has 0 amide bonds. The lowest BCUT2D eigenvalue weighted by Gasteiger charge is -2.24. The molecule has 1 aliphatic heterocycles. The Kier molecular flexibility index (Phi) is 3.48. The van der Waals surface area contributed by atoms with Crippen LogP contribution in [0.15, 0.2) is 20.1 Å². The molecule has 4 nitrogen and oxygen atoms in total. The van der Waals surface area contributed by atoms with E-state index in [1.807, 2.05) is 0 Å². The number of piperidine rings is 1. The molecular formula is C9H10BrNO3S2. The maximum Gasteiger partial charge on any atom is 0.252 e. The highest BCUT2D eigenvalue weighted by Gasteiger charge is 2.30. The van der Waals surface area contributed by atoms with Gasteiger partial charge in [-0.3, -0.25) is 4.79 Å². The summed E-state index contributed by atoms with van der Waals surface area (Å²) in [5.74, 6) is -0.00885. The quantitative estimate of drug-likeness (QED) is 0.834. The summed E-state index contributed by atoms with van der Waals surface area (Å²) in [5, 5.41) is 0. The number of carbonyl (C=O) groups is 1. The van der Waals surface area contributed by atoms with E-state index < -0.39 is 10.0 Å². The Balaban J connectivity index is 2.28. The Morgan fingerprint density at radius 2 is 2.12 bits per heavy atom. The van der Waals surface area contributed by atoms with Gasteiger partial charge in [0.15, 0.2) is 0 Å². The zero-order valence-corrected chi connectivity index (χ0v) is 11.6. The van der Waals surface area contributed by atoms with Gasteiger partial charge >= 0.3 is 0 Å². The number of Topliss-reactive ketones (excluding diaryl/α,β-unsaturated/α-hetero) is 1. The van der Waals surface area contributed by atoms with Gasteiger partial charge in [-0.2, -0.15) is 4.31 Å². The van der Waals surface area contributed by atoms with Crippen molar-refractivity contribution in [3.63, 3.8) is 0 Å². The van der Waals surface area contributed by atoms with Crippen LogP contribution in [-0.4, -0.2) is 31.6 Å². The van der Waals surface area contributed by atoms with E-state index in [0.717, 1.165) is 3.79 Å². The van der Waals surface area contributed by atoms with Crippen LogP contribution in [0, 0.1) is 0 Å². The Morgan fingerprint density at radius 1 is 1.38 bits per heavy atom. The Morgan fingerprint density at radius 3 is 2.69 bits per heavy atom. The molecule has 2 rings (SSSR count). The van der Waals surface area contributed by atoms with Crippen LogP contribution in [0.2, 0.25) is 0 Å². The van der Waals surface area contributed by atoms with Crippen LogP contribution in [0.5, 0.6) is 0 Å². The fraction of sp³-hybridized carbons (Fsp3) is 0.444. The van der Waals surface area contributed by atoms with Gasteiger partial charge in [0.05, 0.1) is 10.3 Å². The summed E-state index contributed by atoms with van der Waals surface area (Å²) in [7, 11) is -3.47. The lowest BCUT2D eigenvalue weighted by Crippen LogP contribution is -2.39. The predicted molar refractivity (Wildman–Crippen MR) is 65.0 cm³/mol. The number of thiophene rings is 1. The molecular weight excluding hydrogens is 314 g/mol. The molecule has 0 N–H and O–H groups in total. The van der Waals surface area contributed by atoms with Gasteiger partial charge in [0, 0.05) is 13.0 Å². The van der Waals surface area contributed by atoms with E-state index in [-0.39, 0.29) is 16.5 Å². The summed E-state index contributed by atoms with van der Waals surface area (Å²) in [5.41, 5.74) is 0. The molecule has 88 valence electrons. The molecule has 0 aliphatic carbocycles. The van der Waals surface area contributed by atoms with Crippen molar-refractivity contribution in [1.82, 2.24) is 4.31 Å². The van der Waals surface area contributed by atoms with Crippen molar-refractivity contribution in [2.75, 3.05) is 13.1 Å². The summed E-state index contributed by atoms with van der Waals surface area (Å²) in [6, 6.07) is 3.26. The van der Waals surface area contributed by atoms with Crippen LogP contribution in [0.3, 0.4) is 0 Å². The Bertz CT molecular complexity index is 509. The number of halogens is 1. The third-order valence-electron chi connectivity index (χ3n) is 2.36. The van der Waals surface area contributed by atoms with Gasteiger partial charge in [0.2, 0.25) is 0 Å². The van der Waals surface area contributed by atoms with E-state index in [4.69, 9.17) is 0 Å². The molecule has 0 aromatic carbocycles. The van der Waals surface area contributed by atoms with Crippen LogP contribution >= 0.6 is 27.3 Å². The van der Waals surface area contributed by atoms with Crippen molar-refractivity contribution in [2.45, 2.75) is 17.1 Å². The fourth-order valence-electron chi connectivity index (χ4n) is 1.58. The third kappa shape index (κ3) is 2.37. The molecule has 0 saturated carbocycles.